The molecule has 1 aliphatic heterocycles. The maximum Gasteiger partial charge on any atom is 0.416 e. The van der Waals surface area contributed by atoms with Crippen molar-refractivity contribution in [3.63, 3.8) is 0 Å². The van der Waals surface area contributed by atoms with E-state index in [-0.39, 0.29) is 23.0 Å². The number of nitrogens with zero attached hydrogens (tertiary/aromatic N) is 3. The van der Waals surface area contributed by atoms with E-state index in [9.17, 15) is 18.0 Å². The number of carbonyl (C=O) groups is 1. The summed E-state index contributed by atoms with van der Waals surface area (Å²) in [6, 6.07) is 9.26. The summed E-state index contributed by atoms with van der Waals surface area (Å²) >= 11 is 8.65. The fraction of sp³-hybridized carbons (Fsp3) is 0.227. The van der Waals surface area contributed by atoms with Crippen molar-refractivity contribution >= 4 is 62.4 Å². The highest BCUT2D eigenvalue weighted by atomic mass is 35.5. The molecule has 0 aliphatic carbocycles. The first kappa shape index (κ1) is 22.9. The molecule has 0 bridgehead atoms. The molecule has 0 unspecified atom stereocenters. The number of halogens is 4. The Hall–Kier alpha value is -2.23. The van der Waals surface area contributed by atoms with Crippen LogP contribution in [0.15, 0.2) is 46.3 Å². The largest absolute Gasteiger partial charge is 0.416 e. The van der Waals surface area contributed by atoms with Crippen molar-refractivity contribution in [3.8, 4) is 0 Å². The number of hydrogen-bond donors (Lipinski definition) is 0. The number of amides is 1. The molecular weight excluding hydrogens is 479 g/mol. The van der Waals surface area contributed by atoms with Crippen LogP contribution in [-0.2, 0) is 17.5 Å². The van der Waals surface area contributed by atoms with Gasteiger partial charge in [-0.3, -0.25) is 9.48 Å². The fourth-order valence-electron chi connectivity index (χ4n) is 3.41. The van der Waals surface area contributed by atoms with Crippen LogP contribution in [0.3, 0.4) is 0 Å². The molecule has 0 spiro atoms. The molecule has 0 N–H and O–H groups in total. The summed E-state index contributed by atoms with van der Waals surface area (Å²) < 4.78 is 42.7. The van der Waals surface area contributed by atoms with E-state index in [2.05, 4.69) is 10.1 Å². The molecule has 2 aromatic carbocycles. The van der Waals surface area contributed by atoms with Crippen LogP contribution in [0.1, 0.15) is 29.3 Å². The van der Waals surface area contributed by atoms with Crippen LogP contribution >= 0.6 is 35.1 Å². The van der Waals surface area contributed by atoms with Gasteiger partial charge in [0.05, 0.1) is 28.2 Å². The molecule has 0 saturated heterocycles. The van der Waals surface area contributed by atoms with Crippen LogP contribution in [0.25, 0.3) is 17.0 Å². The van der Waals surface area contributed by atoms with Gasteiger partial charge >= 0.3 is 6.18 Å². The van der Waals surface area contributed by atoms with Crippen LogP contribution in [0.5, 0.6) is 0 Å². The number of carbonyl (C=O) groups excluding carboxylic acids is 1. The minimum absolute atomic E-state index is 0.0315. The van der Waals surface area contributed by atoms with Crippen molar-refractivity contribution in [2.24, 2.45) is 4.99 Å². The number of hydrogen-bond acceptors (Lipinski definition) is 4. The number of benzene rings is 2. The third-order valence-electron chi connectivity index (χ3n) is 4.82. The van der Waals surface area contributed by atoms with Gasteiger partial charge in [-0.25, -0.2) is 0 Å². The van der Waals surface area contributed by atoms with E-state index in [1.807, 2.05) is 19.1 Å². The average Bonchev–Trinajstić information content (AvgIpc) is 3.22. The molecule has 10 heteroatoms. The lowest BCUT2D eigenvalue weighted by atomic mass is 10.1. The molecule has 1 amide bonds. The highest BCUT2D eigenvalue weighted by Gasteiger charge is 2.33. The van der Waals surface area contributed by atoms with Crippen LogP contribution in [0, 0.1) is 6.92 Å². The smallest absolute Gasteiger partial charge is 0.266 e. The van der Waals surface area contributed by atoms with E-state index in [1.165, 1.54) is 35.7 Å². The quantitative estimate of drug-likeness (QED) is 0.374. The Bertz CT molecular complexity index is 1280. The van der Waals surface area contributed by atoms with Crippen molar-refractivity contribution in [3.05, 3.63) is 68.7 Å². The molecule has 4 rings (SSSR count). The Morgan fingerprint density at radius 2 is 2.00 bits per heavy atom. The topological polar surface area (TPSA) is 47.2 Å². The molecule has 2 heterocycles. The second kappa shape index (κ2) is 8.96. The summed E-state index contributed by atoms with van der Waals surface area (Å²) in [7, 11) is 0. The first-order valence-electron chi connectivity index (χ1n) is 9.64. The van der Waals surface area contributed by atoms with Crippen LogP contribution in [0.2, 0.25) is 5.02 Å². The Morgan fingerprint density at radius 3 is 2.72 bits per heavy atom. The Kier molecular flexibility index (Phi) is 6.42. The van der Waals surface area contributed by atoms with Crippen molar-refractivity contribution in [2.45, 2.75) is 26.6 Å². The number of rotatable bonds is 4. The van der Waals surface area contributed by atoms with Gasteiger partial charge in [-0.1, -0.05) is 54.2 Å². The summed E-state index contributed by atoms with van der Waals surface area (Å²) in [6.07, 6.45) is -2.74. The summed E-state index contributed by atoms with van der Waals surface area (Å²) in [5, 5.41) is 5.29. The van der Waals surface area contributed by atoms with E-state index in [0.717, 1.165) is 27.1 Å². The zero-order valence-corrected chi connectivity index (χ0v) is 19.4. The molecule has 1 aliphatic rings. The Morgan fingerprint density at radius 1 is 1.22 bits per heavy atom. The highest BCUT2D eigenvalue weighted by Crippen LogP contribution is 2.36. The van der Waals surface area contributed by atoms with Gasteiger partial charge in [-0.05, 0) is 54.1 Å². The minimum atomic E-state index is -4.51. The van der Waals surface area contributed by atoms with Gasteiger partial charge in [0.15, 0.2) is 0 Å². The van der Waals surface area contributed by atoms with Gasteiger partial charge in [-0.15, -0.1) is 0 Å². The number of alkyl halides is 3. The third-order valence-corrected chi connectivity index (χ3v) is 7.07. The van der Waals surface area contributed by atoms with Crippen molar-refractivity contribution < 1.29 is 18.0 Å². The van der Waals surface area contributed by atoms with Gasteiger partial charge in [0, 0.05) is 10.4 Å². The van der Waals surface area contributed by atoms with Crippen LogP contribution in [0.4, 0.5) is 13.2 Å². The maximum absolute atomic E-state index is 13.5. The first-order valence-corrected chi connectivity index (χ1v) is 11.8. The Balaban J connectivity index is 1.66. The summed E-state index contributed by atoms with van der Waals surface area (Å²) in [4.78, 5) is 16.7. The van der Waals surface area contributed by atoms with Crippen molar-refractivity contribution in [2.75, 3.05) is 5.75 Å². The normalized spacial score (nSPS) is 15.8. The molecule has 0 fully saturated rings. The van der Waals surface area contributed by atoms with Crippen LogP contribution in [-0.4, -0.2) is 25.8 Å². The fourth-order valence-corrected chi connectivity index (χ4v) is 5.48. The lowest BCUT2D eigenvalue weighted by molar-refractivity contribution is -0.138. The number of aliphatic imine (C=N–C) groups is 1. The molecule has 0 atom stereocenters. The molecular formula is C22H17ClF3N3OS2. The van der Waals surface area contributed by atoms with Crippen molar-refractivity contribution in [1.82, 2.24) is 9.78 Å². The van der Waals surface area contributed by atoms with Crippen LogP contribution < -0.4 is 0 Å². The molecule has 1 aromatic heterocycles. The monoisotopic (exact) mass is 495 g/mol. The zero-order chi connectivity index (χ0) is 23.0. The summed E-state index contributed by atoms with van der Waals surface area (Å²) in [6.45, 7) is 3.75. The van der Waals surface area contributed by atoms with E-state index in [4.69, 9.17) is 11.6 Å². The molecule has 0 radical (unpaired) electrons. The molecule has 4 nitrogen and oxygen atoms in total. The van der Waals surface area contributed by atoms with Gasteiger partial charge in [0.1, 0.15) is 4.38 Å². The number of aryl methyl sites for hydroxylation is 1. The second-order valence-electron chi connectivity index (χ2n) is 7.05. The highest BCUT2D eigenvalue weighted by molar-refractivity contribution is 8.41. The SMILES string of the molecule is CCSC1=NC(=O)/C(=C/c2ccc3c(c2)c(C)nn3Cc2ccc(Cl)cc2C(F)(F)F)S1. The van der Waals surface area contributed by atoms with E-state index >= 15 is 0 Å². The number of thioether (sulfide) groups is 2. The molecule has 0 saturated carbocycles. The van der Waals surface area contributed by atoms with E-state index in [1.54, 1.807) is 23.7 Å². The third kappa shape index (κ3) is 4.74. The molecule has 3 aromatic rings. The van der Waals surface area contributed by atoms with Gasteiger partial charge < -0.3 is 0 Å². The number of fused-ring (bicyclic) bond motifs is 1. The molecule has 166 valence electrons. The predicted octanol–water partition coefficient (Wildman–Crippen LogP) is 6.79. The minimum Gasteiger partial charge on any atom is -0.266 e. The number of aromatic nitrogens is 2. The summed E-state index contributed by atoms with van der Waals surface area (Å²) in [5.74, 6) is 0.571. The Labute approximate surface area is 195 Å². The standard InChI is InChI=1S/C22H17ClF3N3OS2/c1-3-31-21-27-20(30)19(32-21)9-13-4-7-18-16(8-13)12(2)28-29(18)11-14-5-6-15(23)10-17(14)22(24,25)26/h4-10H,3,11H2,1-2H3/b19-9-. The summed E-state index contributed by atoms with van der Waals surface area (Å²) in [5.41, 5.74) is 1.51. The predicted molar refractivity (Wildman–Crippen MR) is 126 cm³/mol. The zero-order valence-electron chi connectivity index (χ0n) is 17.0. The maximum atomic E-state index is 13.5. The van der Waals surface area contributed by atoms with E-state index < -0.39 is 11.7 Å². The van der Waals surface area contributed by atoms with E-state index in [0.29, 0.717) is 16.1 Å². The average molecular weight is 496 g/mol. The van der Waals surface area contributed by atoms with Gasteiger partial charge in [-0.2, -0.15) is 23.3 Å². The van der Waals surface area contributed by atoms with Gasteiger partial charge in [0.25, 0.3) is 5.91 Å². The lowest BCUT2D eigenvalue weighted by Gasteiger charge is -2.14. The van der Waals surface area contributed by atoms with Gasteiger partial charge in [0.2, 0.25) is 0 Å². The molecule has 32 heavy (non-hydrogen) atoms. The second-order valence-corrected chi connectivity index (χ2v) is 10.0. The first-order chi connectivity index (χ1) is 15.2. The lowest BCUT2D eigenvalue weighted by Crippen LogP contribution is -2.12. The van der Waals surface area contributed by atoms with Crippen molar-refractivity contribution in [1.29, 1.82) is 0 Å².